The van der Waals surface area contributed by atoms with E-state index in [9.17, 15) is 9.18 Å². The van der Waals surface area contributed by atoms with Gasteiger partial charge in [0.1, 0.15) is 5.82 Å². The molecule has 21 heavy (non-hydrogen) atoms. The summed E-state index contributed by atoms with van der Waals surface area (Å²) in [5.41, 5.74) is 0.908. The molecule has 0 spiro atoms. The van der Waals surface area contributed by atoms with Crippen molar-refractivity contribution >= 4 is 5.91 Å². The molecule has 0 bridgehead atoms. The van der Waals surface area contributed by atoms with Gasteiger partial charge in [0.25, 0.3) is 0 Å². The number of amides is 1. The number of hydrogen-bond donors (Lipinski definition) is 0. The number of rotatable bonds is 3. The lowest BCUT2D eigenvalue weighted by Crippen LogP contribution is -2.36. The predicted molar refractivity (Wildman–Crippen MR) is 76.0 cm³/mol. The molecular weight excluding hydrogens is 271 g/mol. The Morgan fingerprint density at radius 1 is 1.24 bits per heavy atom. The van der Waals surface area contributed by atoms with Crippen LogP contribution in [0, 0.1) is 5.82 Å². The lowest BCUT2D eigenvalue weighted by Gasteiger charge is -2.26. The second-order valence-corrected chi connectivity index (χ2v) is 5.28. The van der Waals surface area contributed by atoms with Gasteiger partial charge in [-0.15, -0.1) is 0 Å². The van der Waals surface area contributed by atoms with Crippen LogP contribution in [0.5, 0.6) is 0 Å². The number of carbonyl (C=O) groups is 1. The monoisotopic (exact) mass is 288 g/mol. The molecule has 5 heteroatoms. The fourth-order valence-corrected chi connectivity index (χ4v) is 2.59. The summed E-state index contributed by atoms with van der Waals surface area (Å²) >= 11 is 0. The average Bonchev–Trinajstić information content (AvgIpc) is 2.97. The second-order valence-electron chi connectivity index (χ2n) is 5.28. The average molecular weight is 288 g/mol. The molecule has 2 aromatic rings. The highest BCUT2D eigenvalue weighted by Crippen LogP contribution is 2.23. The van der Waals surface area contributed by atoms with Crippen LogP contribution >= 0.6 is 0 Å². The molecule has 0 unspecified atom stereocenters. The van der Waals surface area contributed by atoms with Crippen molar-refractivity contribution in [3.05, 3.63) is 41.8 Å². The highest BCUT2D eigenvalue weighted by atomic mass is 19.1. The first kappa shape index (κ1) is 13.8. The van der Waals surface area contributed by atoms with Crippen molar-refractivity contribution in [1.29, 1.82) is 0 Å². The van der Waals surface area contributed by atoms with Crippen LogP contribution in [0.15, 0.2) is 34.9 Å². The van der Waals surface area contributed by atoms with Crippen LogP contribution in [0.4, 0.5) is 4.39 Å². The van der Waals surface area contributed by atoms with E-state index >= 15 is 0 Å². The Labute approximate surface area is 122 Å². The van der Waals surface area contributed by atoms with Crippen LogP contribution < -0.4 is 0 Å². The van der Waals surface area contributed by atoms with Gasteiger partial charge in [-0.1, -0.05) is 17.3 Å². The van der Waals surface area contributed by atoms with Gasteiger partial charge in [-0.05, 0) is 31.4 Å². The van der Waals surface area contributed by atoms with Crippen molar-refractivity contribution in [1.82, 2.24) is 10.1 Å². The van der Waals surface area contributed by atoms with Gasteiger partial charge in [-0.25, -0.2) is 4.39 Å². The third-order valence-electron chi connectivity index (χ3n) is 3.74. The molecule has 110 valence electrons. The van der Waals surface area contributed by atoms with E-state index in [4.69, 9.17) is 4.52 Å². The number of benzene rings is 1. The number of likely N-dealkylation sites (tertiary alicyclic amines) is 1. The summed E-state index contributed by atoms with van der Waals surface area (Å²) in [6.45, 7) is 1.63. The number of nitrogens with zero attached hydrogens (tertiary/aromatic N) is 2. The van der Waals surface area contributed by atoms with Crippen molar-refractivity contribution in [2.24, 2.45) is 0 Å². The summed E-state index contributed by atoms with van der Waals surface area (Å²) in [5.74, 6) is 0.0557. The molecule has 0 saturated carbocycles. The maximum Gasteiger partial charge on any atom is 0.228 e. The molecule has 1 aliphatic heterocycles. The molecule has 1 saturated heterocycles. The van der Waals surface area contributed by atoms with Crippen LogP contribution in [-0.4, -0.2) is 29.1 Å². The van der Waals surface area contributed by atoms with Crippen molar-refractivity contribution in [3.63, 3.8) is 0 Å². The Bertz CT molecular complexity index is 633. The number of carbonyl (C=O) groups excluding carboxylic acids is 1. The fourth-order valence-electron chi connectivity index (χ4n) is 2.59. The normalized spacial score (nSPS) is 15.2. The Kier molecular flexibility index (Phi) is 3.99. The molecule has 0 aliphatic carbocycles. The highest BCUT2D eigenvalue weighted by Gasteiger charge is 2.19. The van der Waals surface area contributed by atoms with E-state index < -0.39 is 0 Å². The molecule has 0 radical (unpaired) electrons. The molecule has 2 heterocycles. The van der Waals surface area contributed by atoms with Gasteiger partial charge in [0.2, 0.25) is 5.91 Å². The van der Waals surface area contributed by atoms with Gasteiger partial charge in [0, 0.05) is 19.2 Å². The zero-order valence-electron chi connectivity index (χ0n) is 11.7. The van der Waals surface area contributed by atoms with Crippen LogP contribution in [0.3, 0.4) is 0 Å². The van der Waals surface area contributed by atoms with Gasteiger partial charge in [-0.2, -0.15) is 0 Å². The quantitative estimate of drug-likeness (QED) is 0.872. The summed E-state index contributed by atoms with van der Waals surface area (Å²) < 4.78 is 18.8. The van der Waals surface area contributed by atoms with E-state index in [0.717, 1.165) is 25.9 Å². The number of halogens is 1. The smallest absolute Gasteiger partial charge is 0.228 e. The SMILES string of the molecule is O=C(Cc1cc(-c2ccccc2F)on1)N1CCCCC1. The molecular formula is C16H17FN2O2. The van der Waals surface area contributed by atoms with Gasteiger partial charge in [-0.3, -0.25) is 4.79 Å². The number of piperidine rings is 1. The molecule has 4 nitrogen and oxygen atoms in total. The molecule has 0 N–H and O–H groups in total. The first-order chi connectivity index (χ1) is 10.2. The van der Waals surface area contributed by atoms with E-state index in [2.05, 4.69) is 5.16 Å². The van der Waals surface area contributed by atoms with E-state index in [1.807, 2.05) is 4.90 Å². The van der Waals surface area contributed by atoms with E-state index in [-0.39, 0.29) is 18.1 Å². The standard InChI is InChI=1S/C16H17FN2O2/c17-14-7-3-2-6-13(14)15-10-12(18-21-15)11-16(20)19-8-4-1-5-9-19/h2-3,6-7,10H,1,4-5,8-9,11H2. The molecule has 1 fully saturated rings. The molecule has 1 aromatic carbocycles. The first-order valence-electron chi connectivity index (χ1n) is 7.22. The zero-order valence-corrected chi connectivity index (χ0v) is 11.7. The van der Waals surface area contributed by atoms with Crippen molar-refractivity contribution in [2.45, 2.75) is 25.7 Å². The minimum atomic E-state index is -0.359. The Morgan fingerprint density at radius 3 is 2.76 bits per heavy atom. The van der Waals surface area contributed by atoms with Crippen molar-refractivity contribution < 1.29 is 13.7 Å². The van der Waals surface area contributed by atoms with Gasteiger partial charge in [0.05, 0.1) is 17.7 Å². The van der Waals surface area contributed by atoms with Crippen molar-refractivity contribution in [3.8, 4) is 11.3 Å². The van der Waals surface area contributed by atoms with E-state index in [1.165, 1.54) is 12.5 Å². The molecule has 0 atom stereocenters. The lowest BCUT2D eigenvalue weighted by molar-refractivity contribution is -0.131. The summed E-state index contributed by atoms with van der Waals surface area (Å²) in [4.78, 5) is 14.0. The van der Waals surface area contributed by atoms with Gasteiger partial charge in [0.15, 0.2) is 5.76 Å². The highest BCUT2D eigenvalue weighted by molar-refractivity contribution is 5.78. The summed E-state index contributed by atoms with van der Waals surface area (Å²) in [6.07, 6.45) is 3.51. The first-order valence-corrected chi connectivity index (χ1v) is 7.22. The summed E-state index contributed by atoms with van der Waals surface area (Å²) in [7, 11) is 0. The van der Waals surface area contributed by atoms with E-state index in [1.54, 1.807) is 24.3 Å². The Hall–Kier alpha value is -2.17. The third-order valence-corrected chi connectivity index (χ3v) is 3.74. The Morgan fingerprint density at radius 2 is 2.00 bits per heavy atom. The lowest BCUT2D eigenvalue weighted by atomic mass is 10.1. The van der Waals surface area contributed by atoms with Crippen LogP contribution in [0.2, 0.25) is 0 Å². The molecule has 1 aromatic heterocycles. The van der Waals surface area contributed by atoms with Gasteiger partial charge < -0.3 is 9.42 Å². The second kappa shape index (κ2) is 6.08. The van der Waals surface area contributed by atoms with Gasteiger partial charge >= 0.3 is 0 Å². The van der Waals surface area contributed by atoms with Crippen LogP contribution in [0.1, 0.15) is 25.0 Å². The minimum absolute atomic E-state index is 0.0584. The molecule has 1 amide bonds. The number of aromatic nitrogens is 1. The zero-order chi connectivity index (χ0) is 14.7. The molecule has 3 rings (SSSR count). The molecule has 1 aliphatic rings. The third kappa shape index (κ3) is 3.12. The summed E-state index contributed by atoms with van der Waals surface area (Å²) in [6, 6.07) is 8.00. The van der Waals surface area contributed by atoms with Crippen LogP contribution in [0.25, 0.3) is 11.3 Å². The topological polar surface area (TPSA) is 46.3 Å². The number of hydrogen-bond acceptors (Lipinski definition) is 3. The summed E-state index contributed by atoms with van der Waals surface area (Å²) in [5, 5.41) is 3.88. The maximum atomic E-state index is 13.7. The van der Waals surface area contributed by atoms with Crippen molar-refractivity contribution in [2.75, 3.05) is 13.1 Å². The largest absolute Gasteiger partial charge is 0.356 e. The maximum absolute atomic E-state index is 13.7. The van der Waals surface area contributed by atoms with E-state index in [0.29, 0.717) is 17.0 Å². The fraction of sp³-hybridized carbons (Fsp3) is 0.375. The minimum Gasteiger partial charge on any atom is -0.356 e. The van der Waals surface area contributed by atoms with Crippen LogP contribution in [-0.2, 0) is 11.2 Å². The Balaban J connectivity index is 1.70. The predicted octanol–water partition coefficient (Wildman–Crippen LogP) is 3.04.